The molecule has 3 rings (SSSR count). The van der Waals surface area contributed by atoms with Crippen LogP contribution in [0.1, 0.15) is 23.0 Å². The highest BCUT2D eigenvalue weighted by molar-refractivity contribution is 9.10. The van der Waals surface area contributed by atoms with Crippen LogP contribution in [-0.2, 0) is 16.1 Å². The van der Waals surface area contributed by atoms with Gasteiger partial charge in [-0.25, -0.2) is 9.78 Å². The van der Waals surface area contributed by atoms with Gasteiger partial charge in [0.1, 0.15) is 12.4 Å². The summed E-state index contributed by atoms with van der Waals surface area (Å²) in [5, 5.41) is 2.21. The van der Waals surface area contributed by atoms with E-state index in [0.29, 0.717) is 32.3 Å². The third-order valence-corrected chi connectivity index (χ3v) is 4.97. The molecule has 7 nitrogen and oxygen atoms in total. The highest BCUT2D eigenvalue weighted by Crippen LogP contribution is 2.35. The lowest BCUT2D eigenvalue weighted by Gasteiger charge is -2.20. The first-order chi connectivity index (χ1) is 13.5. The molecular formula is C19H16BrN3O4S. The molecule has 1 aromatic carbocycles. The van der Waals surface area contributed by atoms with E-state index in [1.807, 2.05) is 12.1 Å². The van der Waals surface area contributed by atoms with E-state index < -0.39 is 5.97 Å². The average Bonchev–Trinajstić information content (AvgIpc) is 3.14. The number of carbonyl (C=O) groups excluding carboxylic acids is 2. The summed E-state index contributed by atoms with van der Waals surface area (Å²) in [7, 11) is 1.54. The number of thiazole rings is 1. The molecule has 0 unspecified atom stereocenters. The lowest BCUT2D eigenvalue weighted by atomic mass is 10.2. The highest BCUT2D eigenvalue weighted by atomic mass is 79.9. The summed E-state index contributed by atoms with van der Waals surface area (Å²) in [6, 6.07) is 8.82. The van der Waals surface area contributed by atoms with E-state index in [9.17, 15) is 9.59 Å². The third kappa shape index (κ3) is 4.55. The van der Waals surface area contributed by atoms with Crippen LogP contribution in [0.25, 0.3) is 0 Å². The normalized spacial score (nSPS) is 10.4. The summed E-state index contributed by atoms with van der Waals surface area (Å²) in [6.45, 7) is 1.44. The van der Waals surface area contributed by atoms with Crippen LogP contribution in [0.15, 0.2) is 52.6 Å². The summed E-state index contributed by atoms with van der Waals surface area (Å²) in [5.41, 5.74) is 1.47. The van der Waals surface area contributed by atoms with Gasteiger partial charge >= 0.3 is 5.97 Å². The molecule has 0 spiro atoms. The van der Waals surface area contributed by atoms with Gasteiger partial charge in [0.25, 0.3) is 0 Å². The number of carbonyl (C=O) groups is 2. The number of esters is 1. The van der Waals surface area contributed by atoms with Gasteiger partial charge in [-0.1, -0.05) is 12.1 Å². The number of amides is 1. The second-order valence-electron chi connectivity index (χ2n) is 5.62. The Kier molecular flexibility index (Phi) is 6.37. The molecule has 1 amide bonds. The minimum absolute atomic E-state index is 0.0144. The molecule has 0 bridgehead atoms. The number of hydrogen-bond donors (Lipinski definition) is 0. The zero-order valence-corrected chi connectivity index (χ0v) is 17.5. The van der Waals surface area contributed by atoms with Gasteiger partial charge in [-0.3, -0.25) is 14.7 Å². The molecule has 28 heavy (non-hydrogen) atoms. The van der Waals surface area contributed by atoms with Crippen molar-refractivity contribution >= 4 is 50.0 Å². The van der Waals surface area contributed by atoms with Crippen LogP contribution < -0.4 is 9.64 Å². The first-order valence-corrected chi connectivity index (χ1v) is 9.82. The molecule has 0 aliphatic rings. The van der Waals surface area contributed by atoms with Crippen LogP contribution in [0.2, 0.25) is 0 Å². The van der Waals surface area contributed by atoms with Gasteiger partial charge in [0.15, 0.2) is 5.13 Å². The number of methoxy groups -OCH3 is 1. The van der Waals surface area contributed by atoms with Crippen LogP contribution in [0.5, 0.6) is 5.75 Å². The molecular weight excluding hydrogens is 446 g/mol. The van der Waals surface area contributed by atoms with Gasteiger partial charge in [-0.15, -0.1) is 11.3 Å². The van der Waals surface area contributed by atoms with E-state index in [1.54, 1.807) is 36.9 Å². The molecule has 0 aliphatic heterocycles. The fourth-order valence-corrected chi connectivity index (χ4v) is 3.66. The van der Waals surface area contributed by atoms with Crippen LogP contribution in [0.4, 0.5) is 10.8 Å². The second-order valence-corrected chi connectivity index (χ2v) is 7.37. The lowest BCUT2D eigenvalue weighted by Crippen LogP contribution is -2.23. The van der Waals surface area contributed by atoms with E-state index in [1.165, 1.54) is 29.4 Å². The summed E-state index contributed by atoms with van der Waals surface area (Å²) in [4.78, 5) is 34.2. The van der Waals surface area contributed by atoms with Crippen molar-refractivity contribution in [1.82, 2.24) is 9.97 Å². The van der Waals surface area contributed by atoms with Crippen LogP contribution in [-0.4, -0.2) is 29.0 Å². The topological polar surface area (TPSA) is 81.6 Å². The largest absolute Gasteiger partial charge is 0.495 e. The van der Waals surface area contributed by atoms with Crippen LogP contribution in [0.3, 0.4) is 0 Å². The number of ether oxygens (including phenoxy) is 2. The van der Waals surface area contributed by atoms with Crippen molar-refractivity contribution in [3.05, 3.63) is 63.8 Å². The number of halogens is 1. The first-order valence-electron chi connectivity index (χ1n) is 8.15. The molecule has 0 radical (unpaired) electrons. The Morgan fingerprint density at radius 1 is 1.25 bits per heavy atom. The van der Waals surface area contributed by atoms with E-state index in [0.717, 1.165) is 0 Å². The number of para-hydroxylation sites is 2. The number of rotatable bonds is 6. The number of anilines is 2. The van der Waals surface area contributed by atoms with E-state index >= 15 is 0 Å². The standard InChI is InChI=1S/C19H16BrN3O4S/c1-12(24)23(16-5-3-4-6-17(16)26-2)19-22-15(11-28-19)10-27-18(25)13-7-14(20)9-21-8-13/h3-9,11H,10H2,1-2H3. The Bertz CT molecular complexity index is 1010. The molecule has 144 valence electrons. The Morgan fingerprint density at radius 3 is 2.75 bits per heavy atom. The minimum Gasteiger partial charge on any atom is -0.495 e. The number of benzene rings is 1. The molecule has 0 fully saturated rings. The maximum absolute atomic E-state index is 12.2. The van der Waals surface area contributed by atoms with Crippen molar-refractivity contribution in [1.29, 1.82) is 0 Å². The Hall–Kier alpha value is -2.78. The zero-order valence-electron chi connectivity index (χ0n) is 15.1. The number of hydrogen-bond acceptors (Lipinski definition) is 7. The number of nitrogens with zero attached hydrogens (tertiary/aromatic N) is 3. The molecule has 0 saturated carbocycles. The Labute approximate surface area is 174 Å². The average molecular weight is 462 g/mol. The number of aromatic nitrogens is 2. The molecule has 2 heterocycles. The second kappa shape index (κ2) is 8.94. The van der Waals surface area contributed by atoms with Gasteiger partial charge < -0.3 is 9.47 Å². The minimum atomic E-state index is -0.503. The van der Waals surface area contributed by atoms with Crippen molar-refractivity contribution in [3.8, 4) is 5.75 Å². The summed E-state index contributed by atoms with van der Waals surface area (Å²) >= 11 is 4.54. The van der Waals surface area contributed by atoms with Crippen molar-refractivity contribution in [3.63, 3.8) is 0 Å². The summed E-state index contributed by atoms with van der Waals surface area (Å²) in [5.74, 6) is -0.151. The smallest absolute Gasteiger partial charge is 0.340 e. The monoisotopic (exact) mass is 461 g/mol. The Balaban J connectivity index is 1.76. The van der Waals surface area contributed by atoms with Crippen molar-refractivity contribution in [2.45, 2.75) is 13.5 Å². The fourth-order valence-electron chi connectivity index (χ4n) is 2.43. The molecule has 0 saturated heterocycles. The predicted molar refractivity (Wildman–Crippen MR) is 109 cm³/mol. The Morgan fingerprint density at radius 2 is 2.04 bits per heavy atom. The molecule has 0 atom stereocenters. The van der Waals surface area contributed by atoms with Crippen molar-refractivity contribution in [2.24, 2.45) is 0 Å². The van der Waals surface area contributed by atoms with E-state index in [2.05, 4.69) is 25.9 Å². The molecule has 0 aliphatic carbocycles. The van der Waals surface area contributed by atoms with Crippen molar-refractivity contribution < 1.29 is 19.1 Å². The van der Waals surface area contributed by atoms with Crippen LogP contribution in [0, 0.1) is 0 Å². The molecule has 3 aromatic rings. The van der Waals surface area contributed by atoms with Crippen molar-refractivity contribution in [2.75, 3.05) is 12.0 Å². The highest BCUT2D eigenvalue weighted by Gasteiger charge is 2.21. The summed E-state index contributed by atoms with van der Waals surface area (Å²) in [6.07, 6.45) is 3.01. The van der Waals surface area contributed by atoms with E-state index in [4.69, 9.17) is 9.47 Å². The third-order valence-electron chi connectivity index (χ3n) is 3.66. The SMILES string of the molecule is COc1ccccc1N(C(C)=O)c1nc(COC(=O)c2cncc(Br)c2)cs1. The maximum Gasteiger partial charge on any atom is 0.340 e. The number of pyridine rings is 1. The lowest BCUT2D eigenvalue weighted by molar-refractivity contribution is -0.115. The predicted octanol–water partition coefficient (Wildman–Crippen LogP) is 4.35. The van der Waals surface area contributed by atoms with E-state index in [-0.39, 0.29) is 12.5 Å². The quantitative estimate of drug-likeness (QED) is 0.507. The summed E-state index contributed by atoms with van der Waals surface area (Å²) < 4.78 is 11.3. The van der Waals surface area contributed by atoms with Crippen LogP contribution >= 0.6 is 27.3 Å². The van der Waals surface area contributed by atoms with Gasteiger partial charge in [0, 0.05) is 29.2 Å². The molecule has 9 heteroatoms. The first kappa shape index (κ1) is 20.0. The molecule has 2 aromatic heterocycles. The molecule has 0 N–H and O–H groups in total. The van der Waals surface area contributed by atoms with Gasteiger partial charge in [0.05, 0.1) is 24.1 Å². The van der Waals surface area contributed by atoms with Gasteiger partial charge in [-0.05, 0) is 34.1 Å². The maximum atomic E-state index is 12.2. The fraction of sp³-hybridized carbons (Fsp3) is 0.158. The van der Waals surface area contributed by atoms with Gasteiger partial charge in [0.2, 0.25) is 5.91 Å². The van der Waals surface area contributed by atoms with Gasteiger partial charge in [-0.2, -0.15) is 0 Å². The zero-order chi connectivity index (χ0) is 20.1.